The summed E-state index contributed by atoms with van der Waals surface area (Å²) < 4.78 is 5.74. The van der Waals surface area contributed by atoms with E-state index < -0.39 is 0 Å². The Morgan fingerprint density at radius 2 is 1.67 bits per heavy atom. The number of hydrogen-bond acceptors (Lipinski definition) is 2. The highest BCUT2D eigenvalue weighted by Crippen LogP contribution is 2.39. The van der Waals surface area contributed by atoms with Gasteiger partial charge in [-0.3, -0.25) is 0 Å². The maximum absolute atomic E-state index is 5.84. The van der Waals surface area contributed by atoms with Crippen LogP contribution in [0, 0.1) is 0 Å². The van der Waals surface area contributed by atoms with E-state index in [1.165, 1.54) is 11.1 Å². The average Bonchev–Trinajstić information content (AvgIpc) is 3.15. The lowest BCUT2D eigenvalue weighted by atomic mass is 10.1. The van der Waals surface area contributed by atoms with Crippen LogP contribution in [0.2, 0.25) is 0 Å². The van der Waals surface area contributed by atoms with Crippen LogP contribution in [-0.4, -0.2) is 6.04 Å². The second kappa shape index (κ2) is 4.83. The normalized spacial score (nSPS) is 21.6. The summed E-state index contributed by atoms with van der Waals surface area (Å²) in [5.41, 5.74) is 8.35. The van der Waals surface area contributed by atoms with Gasteiger partial charge in [-0.1, -0.05) is 42.5 Å². The summed E-state index contributed by atoms with van der Waals surface area (Å²) in [5.74, 6) is 1.48. The second-order valence-electron chi connectivity index (χ2n) is 4.85. The second-order valence-corrected chi connectivity index (χ2v) is 4.85. The van der Waals surface area contributed by atoms with Crippen LogP contribution >= 0.6 is 0 Å². The van der Waals surface area contributed by atoms with Crippen molar-refractivity contribution in [1.82, 2.24) is 0 Å². The standard InChI is InChI=1S/C16H17NO/c17-16-10-15(16)13-6-8-14(9-7-13)18-11-12-4-2-1-3-5-12/h1-9,15-16H,10-11,17H2/t15-,16+/m0/s1. The third-order valence-electron chi connectivity index (χ3n) is 3.40. The molecule has 0 aliphatic heterocycles. The Kier molecular flexibility index (Phi) is 3.03. The molecule has 2 aromatic rings. The van der Waals surface area contributed by atoms with E-state index in [1.807, 2.05) is 30.3 Å². The van der Waals surface area contributed by atoms with Crippen LogP contribution in [0.4, 0.5) is 0 Å². The Labute approximate surface area is 107 Å². The van der Waals surface area contributed by atoms with Gasteiger partial charge in [-0.25, -0.2) is 0 Å². The number of nitrogens with two attached hydrogens (primary N) is 1. The van der Waals surface area contributed by atoms with Crippen molar-refractivity contribution in [1.29, 1.82) is 0 Å². The van der Waals surface area contributed by atoms with Crippen LogP contribution in [0.3, 0.4) is 0 Å². The van der Waals surface area contributed by atoms with Crippen LogP contribution in [0.25, 0.3) is 0 Å². The zero-order chi connectivity index (χ0) is 12.4. The molecule has 2 aromatic carbocycles. The Bertz CT molecular complexity index is 506. The fourth-order valence-corrected chi connectivity index (χ4v) is 2.15. The smallest absolute Gasteiger partial charge is 0.119 e. The van der Waals surface area contributed by atoms with Crippen LogP contribution in [0.5, 0.6) is 5.75 Å². The summed E-state index contributed by atoms with van der Waals surface area (Å²) in [5, 5.41) is 0. The minimum absolute atomic E-state index is 0.362. The van der Waals surface area contributed by atoms with E-state index in [4.69, 9.17) is 10.5 Å². The predicted octanol–water partition coefficient (Wildman–Crippen LogP) is 3.08. The molecule has 18 heavy (non-hydrogen) atoms. The largest absolute Gasteiger partial charge is 0.489 e. The van der Waals surface area contributed by atoms with Gasteiger partial charge in [0.1, 0.15) is 12.4 Å². The van der Waals surface area contributed by atoms with Crippen molar-refractivity contribution in [3.63, 3.8) is 0 Å². The molecular formula is C16H17NO. The van der Waals surface area contributed by atoms with E-state index in [1.54, 1.807) is 0 Å². The maximum Gasteiger partial charge on any atom is 0.119 e. The Hall–Kier alpha value is -1.80. The van der Waals surface area contributed by atoms with E-state index in [0.29, 0.717) is 18.6 Å². The molecule has 1 fully saturated rings. The van der Waals surface area contributed by atoms with Crippen molar-refractivity contribution in [2.75, 3.05) is 0 Å². The molecule has 2 heteroatoms. The van der Waals surface area contributed by atoms with Crippen molar-refractivity contribution in [2.45, 2.75) is 25.0 Å². The van der Waals surface area contributed by atoms with Crippen molar-refractivity contribution in [3.8, 4) is 5.75 Å². The van der Waals surface area contributed by atoms with Crippen LogP contribution in [0.1, 0.15) is 23.5 Å². The SMILES string of the molecule is N[C@@H]1C[C@H]1c1ccc(OCc2ccccc2)cc1. The molecule has 0 radical (unpaired) electrons. The third-order valence-corrected chi connectivity index (χ3v) is 3.40. The summed E-state index contributed by atoms with van der Waals surface area (Å²) in [6, 6.07) is 18.9. The van der Waals surface area contributed by atoms with Crippen molar-refractivity contribution in [2.24, 2.45) is 5.73 Å². The summed E-state index contributed by atoms with van der Waals surface area (Å²) >= 11 is 0. The molecule has 2 atom stereocenters. The minimum atomic E-state index is 0.362. The lowest BCUT2D eigenvalue weighted by Gasteiger charge is -2.07. The maximum atomic E-state index is 5.84. The predicted molar refractivity (Wildman–Crippen MR) is 72.5 cm³/mol. The first kappa shape index (κ1) is 11.3. The zero-order valence-electron chi connectivity index (χ0n) is 10.3. The zero-order valence-corrected chi connectivity index (χ0v) is 10.3. The molecule has 1 aliphatic rings. The fourth-order valence-electron chi connectivity index (χ4n) is 2.15. The highest BCUT2D eigenvalue weighted by Gasteiger charge is 2.34. The summed E-state index contributed by atoms with van der Waals surface area (Å²) in [4.78, 5) is 0. The highest BCUT2D eigenvalue weighted by molar-refractivity contribution is 5.33. The lowest BCUT2D eigenvalue weighted by Crippen LogP contribution is -2.01. The Morgan fingerprint density at radius 1 is 1.00 bits per heavy atom. The van der Waals surface area contributed by atoms with Gasteiger partial charge in [-0.2, -0.15) is 0 Å². The van der Waals surface area contributed by atoms with Crippen LogP contribution < -0.4 is 10.5 Å². The van der Waals surface area contributed by atoms with E-state index in [-0.39, 0.29) is 0 Å². The van der Waals surface area contributed by atoms with E-state index in [0.717, 1.165) is 12.2 Å². The molecule has 0 heterocycles. The van der Waals surface area contributed by atoms with Crippen LogP contribution in [0.15, 0.2) is 54.6 Å². The van der Waals surface area contributed by atoms with Crippen molar-refractivity contribution < 1.29 is 4.74 Å². The lowest BCUT2D eigenvalue weighted by molar-refractivity contribution is 0.306. The van der Waals surface area contributed by atoms with Gasteiger partial charge in [-0.15, -0.1) is 0 Å². The van der Waals surface area contributed by atoms with Gasteiger partial charge in [0.25, 0.3) is 0 Å². The first-order valence-electron chi connectivity index (χ1n) is 6.35. The number of rotatable bonds is 4. The van der Waals surface area contributed by atoms with E-state index in [2.05, 4.69) is 24.3 Å². The molecule has 0 unspecified atom stereocenters. The van der Waals surface area contributed by atoms with Gasteiger partial charge in [-0.05, 0) is 29.7 Å². The molecule has 0 amide bonds. The summed E-state index contributed by atoms with van der Waals surface area (Å²) in [6.45, 7) is 0.614. The molecule has 0 saturated heterocycles. The van der Waals surface area contributed by atoms with Crippen molar-refractivity contribution in [3.05, 3.63) is 65.7 Å². The fraction of sp³-hybridized carbons (Fsp3) is 0.250. The molecule has 0 spiro atoms. The monoisotopic (exact) mass is 239 g/mol. The number of benzene rings is 2. The van der Waals surface area contributed by atoms with Gasteiger partial charge in [0.2, 0.25) is 0 Å². The highest BCUT2D eigenvalue weighted by atomic mass is 16.5. The Morgan fingerprint density at radius 3 is 2.28 bits per heavy atom. The van der Waals surface area contributed by atoms with Gasteiger partial charge in [0.15, 0.2) is 0 Å². The molecule has 3 rings (SSSR count). The van der Waals surface area contributed by atoms with E-state index >= 15 is 0 Å². The molecule has 1 saturated carbocycles. The van der Waals surface area contributed by atoms with Gasteiger partial charge < -0.3 is 10.5 Å². The van der Waals surface area contributed by atoms with Crippen LogP contribution in [-0.2, 0) is 6.61 Å². The van der Waals surface area contributed by atoms with Gasteiger partial charge in [0.05, 0.1) is 0 Å². The molecule has 0 bridgehead atoms. The molecular weight excluding hydrogens is 222 g/mol. The van der Waals surface area contributed by atoms with Crippen molar-refractivity contribution >= 4 is 0 Å². The van der Waals surface area contributed by atoms with Gasteiger partial charge in [0, 0.05) is 12.0 Å². The molecule has 92 valence electrons. The first-order valence-corrected chi connectivity index (χ1v) is 6.35. The molecule has 1 aliphatic carbocycles. The third kappa shape index (κ3) is 2.54. The van der Waals surface area contributed by atoms with E-state index in [9.17, 15) is 0 Å². The number of ether oxygens (including phenoxy) is 1. The topological polar surface area (TPSA) is 35.2 Å². The molecule has 2 N–H and O–H groups in total. The average molecular weight is 239 g/mol. The summed E-state index contributed by atoms with van der Waals surface area (Å²) in [7, 11) is 0. The minimum Gasteiger partial charge on any atom is -0.489 e. The van der Waals surface area contributed by atoms with Gasteiger partial charge >= 0.3 is 0 Å². The quantitative estimate of drug-likeness (QED) is 0.890. The first-order chi connectivity index (χ1) is 8.83. The molecule has 0 aromatic heterocycles. The molecule has 2 nitrogen and oxygen atoms in total. The Balaban J connectivity index is 1.60. The number of hydrogen-bond donors (Lipinski definition) is 1. The summed E-state index contributed by atoms with van der Waals surface area (Å²) in [6.07, 6.45) is 1.12.